The largest absolute Gasteiger partial charge is 0.493 e. The average Bonchev–Trinajstić information content (AvgIpc) is 2.68. The van der Waals surface area contributed by atoms with Crippen molar-refractivity contribution in [2.45, 2.75) is 20.3 Å². The molecule has 156 valence electrons. The number of hydrogen-bond acceptors (Lipinski definition) is 8. The fraction of sp³-hybridized carbons (Fsp3) is 0.333. The van der Waals surface area contributed by atoms with Crippen LogP contribution < -0.4 is 28.4 Å². The van der Waals surface area contributed by atoms with Crippen molar-refractivity contribution in [1.29, 1.82) is 0 Å². The highest BCUT2D eigenvalue weighted by Crippen LogP contribution is 2.41. The molecule has 0 aliphatic heterocycles. The molecule has 2 rings (SSSR count). The van der Waals surface area contributed by atoms with Crippen LogP contribution in [-0.4, -0.2) is 40.4 Å². The first-order chi connectivity index (χ1) is 13.8. The molecular weight excluding hydrogens is 380 g/mol. The lowest BCUT2D eigenvalue weighted by molar-refractivity contribution is -0.133. The number of methoxy groups -OCH3 is 4. The first-order valence-electron chi connectivity index (χ1n) is 8.69. The van der Waals surface area contributed by atoms with Gasteiger partial charge >= 0.3 is 11.9 Å². The van der Waals surface area contributed by atoms with Crippen molar-refractivity contribution in [3.8, 4) is 34.5 Å². The van der Waals surface area contributed by atoms with Crippen LogP contribution in [-0.2, 0) is 16.0 Å². The molecule has 2 aromatic rings. The highest BCUT2D eigenvalue weighted by Gasteiger charge is 2.19. The molecule has 0 aliphatic carbocycles. The lowest BCUT2D eigenvalue weighted by atomic mass is 10.0. The van der Waals surface area contributed by atoms with E-state index in [2.05, 4.69) is 0 Å². The third-order valence-corrected chi connectivity index (χ3v) is 3.94. The molecule has 0 bridgehead atoms. The van der Waals surface area contributed by atoms with E-state index in [9.17, 15) is 9.59 Å². The van der Waals surface area contributed by atoms with E-state index in [-0.39, 0.29) is 11.5 Å². The fourth-order valence-electron chi connectivity index (χ4n) is 2.80. The summed E-state index contributed by atoms with van der Waals surface area (Å²) in [5.74, 6) is 0.929. The summed E-state index contributed by atoms with van der Waals surface area (Å²) in [6.45, 7) is 2.60. The molecule has 0 heterocycles. The summed E-state index contributed by atoms with van der Waals surface area (Å²) in [6.07, 6.45) is 0.458. The van der Waals surface area contributed by atoms with Crippen molar-refractivity contribution < 1.29 is 38.0 Å². The van der Waals surface area contributed by atoms with Gasteiger partial charge in [-0.25, -0.2) is 0 Å². The van der Waals surface area contributed by atoms with E-state index < -0.39 is 11.9 Å². The number of rotatable bonds is 8. The molecule has 0 radical (unpaired) electrons. The number of benzene rings is 2. The zero-order valence-electron chi connectivity index (χ0n) is 17.3. The summed E-state index contributed by atoms with van der Waals surface area (Å²) >= 11 is 0. The predicted molar refractivity (Wildman–Crippen MR) is 105 cm³/mol. The second-order valence-electron chi connectivity index (χ2n) is 6.02. The maximum atomic E-state index is 11.4. The van der Waals surface area contributed by atoms with Gasteiger partial charge < -0.3 is 28.4 Å². The van der Waals surface area contributed by atoms with Gasteiger partial charge in [0, 0.05) is 13.8 Å². The zero-order valence-corrected chi connectivity index (χ0v) is 17.3. The van der Waals surface area contributed by atoms with Gasteiger partial charge in [-0.1, -0.05) is 0 Å². The third-order valence-electron chi connectivity index (χ3n) is 3.94. The maximum Gasteiger partial charge on any atom is 0.308 e. The Bertz CT molecular complexity index is 780. The van der Waals surface area contributed by atoms with Crippen molar-refractivity contribution in [3.63, 3.8) is 0 Å². The molecule has 29 heavy (non-hydrogen) atoms. The molecule has 2 aromatic carbocycles. The Morgan fingerprint density at radius 1 is 0.621 bits per heavy atom. The Morgan fingerprint density at radius 3 is 1.10 bits per heavy atom. The smallest absolute Gasteiger partial charge is 0.308 e. The van der Waals surface area contributed by atoms with Crippen molar-refractivity contribution in [1.82, 2.24) is 0 Å². The average molecular weight is 404 g/mol. The quantitative estimate of drug-likeness (QED) is 0.490. The van der Waals surface area contributed by atoms with Crippen LogP contribution in [0.15, 0.2) is 24.3 Å². The van der Waals surface area contributed by atoms with Crippen molar-refractivity contribution in [2.24, 2.45) is 0 Å². The van der Waals surface area contributed by atoms with E-state index in [1.54, 1.807) is 24.3 Å². The van der Waals surface area contributed by atoms with E-state index >= 15 is 0 Å². The number of hydrogen-bond donors (Lipinski definition) is 0. The molecule has 0 spiro atoms. The topological polar surface area (TPSA) is 89.5 Å². The van der Waals surface area contributed by atoms with Crippen LogP contribution in [0, 0.1) is 0 Å². The molecule has 8 heteroatoms. The van der Waals surface area contributed by atoms with Crippen LogP contribution in [0.2, 0.25) is 0 Å². The first-order valence-corrected chi connectivity index (χ1v) is 8.69. The minimum absolute atomic E-state index is 0.214. The standard InChI is InChI=1S/C21H24O8/c1-12(22)28-20-16(24-3)8-14(9-17(20)25-4)7-15-10-18(26-5)21(29-13(2)23)19(11-15)27-6/h8-11H,7H2,1-6H3. The summed E-state index contributed by atoms with van der Waals surface area (Å²) in [6, 6.07) is 7.00. The highest BCUT2D eigenvalue weighted by molar-refractivity contribution is 5.73. The number of esters is 2. The van der Waals surface area contributed by atoms with Crippen LogP contribution in [0.3, 0.4) is 0 Å². The maximum absolute atomic E-state index is 11.4. The second kappa shape index (κ2) is 9.68. The number of ether oxygens (including phenoxy) is 6. The van der Waals surface area contributed by atoms with Gasteiger partial charge in [0.15, 0.2) is 23.0 Å². The monoisotopic (exact) mass is 404 g/mol. The molecule has 0 amide bonds. The molecule has 0 atom stereocenters. The minimum Gasteiger partial charge on any atom is -0.493 e. The van der Waals surface area contributed by atoms with E-state index in [0.29, 0.717) is 29.4 Å². The SMILES string of the molecule is COc1cc(Cc2cc(OC)c(OC(C)=O)c(OC)c2)cc(OC)c1OC(C)=O. The summed E-state index contributed by atoms with van der Waals surface area (Å²) in [7, 11) is 5.91. The van der Waals surface area contributed by atoms with Gasteiger partial charge in [-0.3, -0.25) is 9.59 Å². The third kappa shape index (κ3) is 5.31. The van der Waals surface area contributed by atoms with Crippen molar-refractivity contribution in [3.05, 3.63) is 35.4 Å². The normalized spacial score (nSPS) is 10.1. The lowest BCUT2D eigenvalue weighted by Crippen LogP contribution is -2.06. The van der Waals surface area contributed by atoms with Gasteiger partial charge in [-0.05, 0) is 41.8 Å². The Balaban J connectivity index is 2.47. The van der Waals surface area contributed by atoms with Crippen molar-refractivity contribution >= 4 is 11.9 Å². The van der Waals surface area contributed by atoms with E-state index in [1.807, 2.05) is 0 Å². The lowest BCUT2D eigenvalue weighted by Gasteiger charge is -2.16. The molecular formula is C21H24O8. The Hall–Kier alpha value is -3.42. The molecule has 0 aliphatic rings. The summed E-state index contributed by atoms with van der Waals surface area (Å²) in [5, 5.41) is 0. The first kappa shape index (κ1) is 21.9. The van der Waals surface area contributed by atoms with Crippen LogP contribution in [0.5, 0.6) is 34.5 Å². The van der Waals surface area contributed by atoms with Gasteiger partial charge in [0.1, 0.15) is 0 Å². The van der Waals surface area contributed by atoms with Crippen LogP contribution in [0.4, 0.5) is 0 Å². The van der Waals surface area contributed by atoms with Gasteiger partial charge in [0.2, 0.25) is 11.5 Å². The van der Waals surface area contributed by atoms with Crippen molar-refractivity contribution in [2.75, 3.05) is 28.4 Å². The van der Waals surface area contributed by atoms with Gasteiger partial charge in [-0.15, -0.1) is 0 Å². The Morgan fingerprint density at radius 2 is 0.897 bits per heavy atom. The van der Waals surface area contributed by atoms with Crippen LogP contribution in [0.25, 0.3) is 0 Å². The fourth-order valence-corrected chi connectivity index (χ4v) is 2.80. The van der Waals surface area contributed by atoms with Crippen LogP contribution >= 0.6 is 0 Å². The number of carbonyl (C=O) groups is 2. The molecule has 8 nitrogen and oxygen atoms in total. The van der Waals surface area contributed by atoms with Crippen LogP contribution in [0.1, 0.15) is 25.0 Å². The predicted octanol–water partition coefficient (Wildman–Crippen LogP) is 3.16. The molecule has 0 N–H and O–H groups in total. The van der Waals surface area contributed by atoms with E-state index in [4.69, 9.17) is 28.4 Å². The molecule has 0 saturated heterocycles. The minimum atomic E-state index is -0.482. The molecule has 0 unspecified atom stereocenters. The van der Waals surface area contributed by atoms with E-state index in [0.717, 1.165) is 11.1 Å². The van der Waals surface area contributed by atoms with E-state index in [1.165, 1.54) is 42.3 Å². The van der Waals surface area contributed by atoms with Gasteiger partial charge in [0.05, 0.1) is 28.4 Å². The highest BCUT2D eigenvalue weighted by atomic mass is 16.6. The summed E-state index contributed by atoms with van der Waals surface area (Å²) < 4.78 is 31.8. The second-order valence-corrected chi connectivity index (χ2v) is 6.02. The Kier molecular flexibility index (Phi) is 7.30. The van der Waals surface area contributed by atoms with Gasteiger partial charge in [-0.2, -0.15) is 0 Å². The summed E-state index contributed by atoms with van der Waals surface area (Å²) in [4.78, 5) is 22.8. The Labute approximate surface area is 169 Å². The molecule has 0 aromatic heterocycles. The molecule has 0 saturated carbocycles. The number of carbonyl (C=O) groups excluding carboxylic acids is 2. The molecule has 0 fully saturated rings. The zero-order chi connectivity index (χ0) is 21.6. The summed E-state index contributed by atoms with van der Waals surface area (Å²) in [5.41, 5.74) is 1.66. The van der Waals surface area contributed by atoms with Gasteiger partial charge in [0.25, 0.3) is 0 Å².